The van der Waals surface area contributed by atoms with Gasteiger partial charge in [-0.05, 0) is 25.0 Å². The molecular formula is C8H13NOS. The third-order valence-corrected chi connectivity index (χ3v) is 1.81. The molecule has 0 amide bonds. The van der Waals surface area contributed by atoms with E-state index in [1.807, 2.05) is 18.5 Å². The highest BCUT2D eigenvalue weighted by Gasteiger charge is 1.82. The molecule has 0 aliphatic heterocycles. The van der Waals surface area contributed by atoms with Gasteiger partial charge in [0.1, 0.15) is 0 Å². The highest BCUT2D eigenvalue weighted by atomic mass is 32.1. The van der Waals surface area contributed by atoms with E-state index in [2.05, 4.69) is 12.2 Å². The Hall–Kier alpha value is -0.670. The van der Waals surface area contributed by atoms with E-state index >= 15 is 0 Å². The van der Waals surface area contributed by atoms with Gasteiger partial charge in [-0.1, -0.05) is 13.0 Å². The largest absolute Gasteiger partial charge is 0.320 e. The van der Waals surface area contributed by atoms with Gasteiger partial charge in [0.25, 0.3) is 0 Å². The van der Waals surface area contributed by atoms with Gasteiger partial charge >= 0.3 is 0 Å². The van der Waals surface area contributed by atoms with Gasteiger partial charge in [0.05, 0.1) is 4.88 Å². The maximum atomic E-state index is 9.88. The van der Waals surface area contributed by atoms with Crippen LogP contribution in [0.2, 0.25) is 0 Å². The molecule has 2 nitrogen and oxygen atoms in total. The molecule has 11 heavy (non-hydrogen) atoms. The van der Waals surface area contributed by atoms with Crippen molar-refractivity contribution in [2.75, 3.05) is 13.6 Å². The minimum absolute atomic E-state index is 0.792. The highest BCUT2D eigenvalue weighted by molar-refractivity contribution is 7.11. The van der Waals surface area contributed by atoms with Crippen molar-refractivity contribution in [3.05, 3.63) is 22.4 Å². The van der Waals surface area contributed by atoms with Crippen LogP contribution in [-0.2, 0) is 0 Å². The van der Waals surface area contributed by atoms with Gasteiger partial charge in [-0.2, -0.15) is 0 Å². The Morgan fingerprint density at radius 3 is 2.55 bits per heavy atom. The fraction of sp³-hybridized carbons (Fsp3) is 0.375. The van der Waals surface area contributed by atoms with Crippen LogP contribution in [0, 0.1) is 0 Å². The smallest absolute Gasteiger partial charge is 0.159 e. The Morgan fingerprint density at radius 1 is 1.73 bits per heavy atom. The maximum Gasteiger partial charge on any atom is 0.159 e. The van der Waals surface area contributed by atoms with Crippen LogP contribution in [0.1, 0.15) is 16.6 Å². The molecule has 1 aromatic rings. The second-order valence-electron chi connectivity index (χ2n) is 1.84. The molecule has 0 bridgehead atoms. The molecule has 0 aliphatic carbocycles. The van der Waals surface area contributed by atoms with E-state index in [0.717, 1.165) is 17.7 Å². The first-order chi connectivity index (χ1) is 5.35. The van der Waals surface area contributed by atoms with E-state index < -0.39 is 0 Å². The van der Waals surface area contributed by atoms with Gasteiger partial charge in [-0.25, -0.2) is 0 Å². The van der Waals surface area contributed by atoms with Crippen molar-refractivity contribution in [3.63, 3.8) is 0 Å². The van der Waals surface area contributed by atoms with E-state index in [0.29, 0.717) is 0 Å². The summed E-state index contributed by atoms with van der Waals surface area (Å²) in [7, 11) is 1.93. The first kappa shape index (κ1) is 10.3. The van der Waals surface area contributed by atoms with Crippen LogP contribution in [0.4, 0.5) is 0 Å². The lowest BCUT2D eigenvalue weighted by Gasteiger charge is -1.76. The Kier molecular flexibility index (Phi) is 6.98. The van der Waals surface area contributed by atoms with Crippen molar-refractivity contribution in [2.24, 2.45) is 0 Å². The number of hydrogen-bond acceptors (Lipinski definition) is 3. The summed E-state index contributed by atoms with van der Waals surface area (Å²) in [5.41, 5.74) is 0. The number of carbonyl (C=O) groups excluding carboxylic acids is 1. The first-order valence-corrected chi connectivity index (χ1v) is 4.36. The van der Waals surface area contributed by atoms with Gasteiger partial charge in [0.15, 0.2) is 6.29 Å². The first-order valence-electron chi connectivity index (χ1n) is 3.48. The summed E-state index contributed by atoms with van der Waals surface area (Å²) in [6.45, 7) is 3.14. The Bertz CT molecular complexity index is 170. The van der Waals surface area contributed by atoms with Gasteiger partial charge in [0, 0.05) is 0 Å². The maximum absolute atomic E-state index is 9.88. The van der Waals surface area contributed by atoms with Crippen molar-refractivity contribution >= 4 is 17.6 Å². The second kappa shape index (κ2) is 7.44. The third kappa shape index (κ3) is 5.76. The van der Waals surface area contributed by atoms with E-state index in [9.17, 15) is 4.79 Å². The number of nitrogens with one attached hydrogen (secondary N) is 1. The molecule has 0 atom stereocenters. The molecule has 0 fully saturated rings. The SMILES string of the molecule is CCNC.O=Cc1cccs1. The van der Waals surface area contributed by atoms with Crippen LogP contribution < -0.4 is 5.32 Å². The fourth-order valence-corrected chi connectivity index (χ4v) is 0.885. The number of carbonyl (C=O) groups is 1. The third-order valence-electron chi connectivity index (χ3n) is 1.01. The topological polar surface area (TPSA) is 29.1 Å². The molecule has 0 aromatic carbocycles. The molecule has 0 spiro atoms. The van der Waals surface area contributed by atoms with E-state index in [-0.39, 0.29) is 0 Å². The highest BCUT2D eigenvalue weighted by Crippen LogP contribution is 2.03. The van der Waals surface area contributed by atoms with Crippen molar-refractivity contribution in [1.82, 2.24) is 5.32 Å². The Balaban J connectivity index is 0.000000218. The summed E-state index contributed by atoms with van der Waals surface area (Å²) in [5.74, 6) is 0. The number of aldehydes is 1. The average molecular weight is 171 g/mol. The van der Waals surface area contributed by atoms with Gasteiger partial charge in [-0.15, -0.1) is 11.3 Å². The van der Waals surface area contributed by atoms with Crippen LogP contribution >= 0.6 is 11.3 Å². The zero-order valence-electron chi connectivity index (χ0n) is 6.83. The van der Waals surface area contributed by atoms with Gasteiger partial charge in [-0.3, -0.25) is 4.79 Å². The minimum Gasteiger partial charge on any atom is -0.320 e. The summed E-state index contributed by atoms with van der Waals surface area (Å²) in [5, 5.41) is 4.81. The van der Waals surface area contributed by atoms with Crippen molar-refractivity contribution in [1.29, 1.82) is 0 Å². The quantitative estimate of drug-likeness (QED) is 0.687. The number of rotatable bonds is 2. The van der Waals surface area contributed by atoms with Crippen molar-refractivity contribution in [2.45, 2.75) is 6.92 Å². The van der Waals surface area contributed by atoms with E-state index in [1.54, 1.807) is 6.07 Å². The summed E-state index contributed by atoms with van der Waals surface area (Å²) < 4.78 is 0. The van der Waals surface area contributed by atoms with Gasteiger partial charge in [0.2, 0.25) is 0 Å². The van der Waals surface area contributed by atoms with Crippen LogP contribution in [0.15, 0.2) is 17.5 Å². The second-order valence-corrected chi connectivity index (χ2v) is 2.82. The van der Waals surface area contributed by atoms with Gasteiger partial charge < -0.3 is 5.32 Å². The fourth-order valence-electron chi connectivity index (χ4n) is 0.358. The number of thiophene rings is 1. The van der Waals surface area contributed by atoms with E-state index in [1.165, 1.54) is 11.3 Å². The summed E-state index contributed by atoms with van der Waals surface area (Å²) in [4.78, 5) is 10.7. The lowest BCUT2D eigenvalue weighted by molar-refractivity contribution is 0.112. The van der Waals surface area contributed by atoms with Crippen LogP contribution in [-0.4, -0.2) is 19.9 Å². The lowest BCUT2D eigenvalue weighted by atomic mass is 10.5. The molecule has 0 radical (unpaired) electrons. The molecule has 1 rings (SSSR count). The predicted octanol–water partition coefficient (Wildman–Crippen LogP) is 1.79. The van der Waals surface area contributed by atoms with Crippen molar-refractivity contribution < 1.29 is 4.79 Å². The summed E-state index contributed by atoms with van der Waals surface area (Å²) >= 11 is 1.45. The lowest BCUT2D eigenvalue weighted by Crippen LogP contribution is -2.01. The van der Waals surface area contributed by atoms with Crippen LogP contribution in [0.3, 0.4) is 0 Å². The molecule has 1 heterocycles. The number of hydrogen-bond donors (Lipinski definition) is 1. The predicted molar refractivity (Wildman–Crippen MR) is 49.3 cm³/mol. The molecular weight excluding hydrogens is 158 g/mol. The zero-order valence-corrected chi connectivity index (χ0v) is 7.65. The van der Waals surface area contributed by atoms with Crippen LogP contribution in [0.5, 0.6) is 0 Å². The monoisotopic (exact) mass is 171 g/mol. The Morgan fingerprint density at radius 2 is 2.36 bits per heavy atom. The molecule has 62 valence electrons. The minimum atomic E-state index is 0.792. The summed E-state index contributed by atoms with van der Waals surface area (Å²) in [6.07, 6.45) is 0.852. The molecule has 0 unspecified atom stereocenters. The molecule has 0 aliphatic rings. The zero-order chi connectivity index (χ0) is 8.53. The van der Waals surface area contributed by atoms with E-state index in [4.69, 9.17) is 0 Å². The van der Waals surface area contributed by atoms with Crippen LogP contribution in [0.25, 0.3) is 0 Å². The average Bonchev–Trinajstić information content (AvgIpc) is 2.56. The molecule has 1 N–H and O–H groups in total. The molecule has 3 heteroatoms. The van der Waals surface area contributed by atoms with Crippen molar-refractivity contribution in [3.8, 4) is 0 Å². The molecule has 1 aromatic heterocycles. The normalized spacial score (nSPS) is 8.18. The summed E-state index contributed by atoms with van der Waals surface area (Å²) in [6, 6.07) is 3.64. The Labute approximate surface area is 71.2 Å². The molecule has 0 saturated carbocycles. The standard InChI is InChI=1S/C5H4OS.C3H9N/c6-4-5-2-1-3-7-5;1-3-4-2/h1-4H;4H,3H2,1-2H3. The molecule has 0 saturated heterocycles.